The van der Waals surface area contributed by atoms with Gasteiger partial charge in [-0.05, 0) is 47.0 Å². The Morgan fingerprint density at radius 3 is 2.09 bits per heavy atom. The van der Waals surface area contributed by atoms with E-state index in [1.165, 1.54) is 37.4 Å². The minimum atomic E-state index is -4.46. The molecule has 0 fully saturated rings. The summed E-state index contributed by atoms with van der Waals surface area (Å²) >= 11 is 0. The highest BCUT2D eigenvalue weighted by atomic mass is 19.4. The van der Waals surface area contributed by atoms with Crippen molar-refractivity contribution in [3.63, 3.8) is 0 Å². The third kappa shape index (κ3) is 4.28. The number of aliphatic carboxylic acids is 1. The molecule has 170 valence electrons. The molecule has 3 aromatic rings. The van der Waals surface area contributed by atoms with Crippen LogP contribution in [0.15, 0.2) is 66.7 Å². The number of hydrogen-bond donors (Lipinski definition) is 2. The van der Waals surface area contributed by atoms with Crippen LogP contribution in [0, 0.1) is 0 Å². The highest BCUT2D eigenvalue weighted by Gasteiger charge is 2.45. The minimum Gasteiger partial charge on any atom is -0.496 e. The minimum absolute atomic E-state index is 0.159. The van der Waals surface area contributed by atoms with E-state index in [-0.39, 0.29) is 18.4 Å². The maximum absolute atomic E-state index is 13.1. The number of hydrogen-bond acceptors (Lipinski definition) is 3. The van der Waals surface area contributed by atoms with Crippen LogP contribution in [-0.4, -0.2) is 29.6 Å². The zero-order valence-electron chi connectivity index (χ0n) is 17.6. The molecule has 0 bridgehead atoms. The molecular formula is C25H20F3NO4. The average molecular weight is 455 g/mol. The molecule has 3 aromatic carbocycles. The topological polar surface area (TPSA) is 75.6 Å². The number of halogens is 3. The standard InChI is InChI=1S/C25H20F3NO4/c1-33-21-11-8-16(12-20(21)15-6-9-19(10-7-15)25(26,27)28)22(30)29-24(23(31)32)13-17-4-2-3-5-18(17)14-24/h2-12H,13-14H2,1H3,(H,29,30)(H,31,32). The number of methoxy groups -OCH3 is 1. The van der Waals surface area contributed by atoms with Crippen molar-refractivity contribution in [2.45, 2.75) is 24.6 Å². The Balaban J connectivity index is 1.64. The van der Waals surface area contributed by atoms with Crippen LogP contribution in [0.1, 0.15) is 27.0 Å². The summed E-state index contributed by atoms with van der Waals surface area (Å²) in [5, 5.41) is 12.6. The van der Waals surface area contributed by atoms with E-state index in [9.17, 15) is 27.9 Å². The van der Waals surface area contributed by atoms with Crippen molar-refractivity contribution in [3.8, 4) is 16.9 Å². The Morgan fingerprint density at radius 2 is 1.58 bits per heavy atom. The lowest BCUT2D eigenvalue weighted by molar-refractivity contribution is -0.144. The molecule has 2 N–H and O–H groups in total. The first kappa shape index (κ1) is 22.4. The van der Waals surface area contributed by atoms with Gasteiger partial charge in [-0.3, -0.25) is 4.79 Å². The summed E-state index contributed by atoms with van der Waals surface area (Å²) in [5.41, 5.74) is 0.467. The summed E-state index contributed by atoms with van der Waals surface area (Å²) in [5.74, 6) is -1.36. The predicted octanol–water partition coefficient (Wildman–Crippen LogP) is 4.73. The van der Waals surface area contributed by atoms with Crippen molar-refractivity contribution in [1.29, 1.82) is 0 Å². The second-order valence-electron chi connectivity index (χ2n) is 7.95. The molecule has 0 heterocycles. The van der Waals surface area contributed by atoms with E-state index in [0.29, 0.717) is 16.9 Å². The Hall–Kier alpha value is -3.81. The van der Waals surface area contributed by atoms with E-state index in [1.807, 2.05) is 24.3 Å². The fraction of sp³-hybridized carbons (Fsp3) is 0.200. The lowest BCUT2D eigenvalue weighted by Crippen LogP contribution is -2.55. The first-order valence-electron chi connectivity index (χ1n) is 10.1. The van der Waals surface area contributed by atoms with Gasteiger partial charge in [-0.15, -0.1) is 0 Å². The monoisotopic (exact) mass is 455 g/mol. The van der Waals surface area contributed by atoms with Gasteiger partial charge in [0.1, 0.15) is 11.3 Å². The number of nitrogens with one attached hydrogen (secondary N) is 1. The van der Waals surface area contributed by atoms with Crippen LogP contribution in [-0.2, 0) is 23.8 Å². The molecule has 0 aromatic heterocycles. The van der Waals surface area contributed by atoms with Crippen LogP contribution in [0.2, 0.25) is 0 Å². The summed E-state index contributed by atoms with van der Waals surface area (Å²) < 4.78 is 44.0. The van der Waals surface area contributed by atoms with Crippen molar-refractivity contribution in [2.24, 2.45) is 0 Å². The first-order valence-corrected chi connectivity index (χ1v) is 10.1. The maximum Gasteiger partial charge on any atom is 0.416 e. The normalized spacial score (nSPS) is 14.4. The summed E-state index contributed by atoms with van der Waals surface area (Å²) in [6.07, 6.45) is -4.15. The van der Waals surface area contributed by atoms with E-state index in [0.717, 1.165) is 23.3 Å². The Kier molecular flexibility index (Phi) is 5.61. The zero-order chi connectivity index (χ0) is 23.8. The van der Waals surface area contributed by atoms with Gasteiger partial charge in [-0.25, -0.2) is 4.79 Å². The summed E-state index contributed by atoms with van der Waals surface area (Å²) in [7, 11) is 1.41. The number of amides is 1. The number of ether oxygens (including phenoxy) is 1. The van der Waals surface area contributed by atoms with E-state index in [2.05, 4.69) is 5.32 Å². The smallest absolute Gasteiger partial charge is 0.416 e. The van der Waals surface area contributed by atoms with Gasteiger partial charge >= 0.3 is 12.1 Å². The summed E-state index contributed by atoms with van der Waals surface area (Å²) in [4.78, 5) is 25.2. The molecule has 0 spiro atoms. The molecule has 4 rings (SSSR count). The molecule has 1 aliphatic carbocycles. The molecule has 0 saturated carbocycles. The highest BCUT2D eigenvalue weighted by molar-refractivity contribution is 5.99. The molecule has 0 unspecified atom stereocenters. The number of carbonyl (C=O) groups excluding carboxylic acids is 1. The third-order valence-corrected chi connectivity index (χ3v) is 5.85. The molecule has 0 atom stereocenters. The van der Waals surface area contributed by atoms with E-state index in [4.69, 9.17) is 4.74 Å². The molecule has 5 nitrogen and oxygen atoms in total. The number of rotatable bonds is 5. The van der Waals surface area contributed by atoms with Crippen LogP contribution < -0.4 is 10.1 Å². The molecule has 1 aliphatic rings. The SMILES string of the molecule is COc1ccc(C(=O)NC2(C(=O)O)Cc3ccccc3C2)cc1-c1ccc(C(F)(F)F)cc1. The lowest BCUT2D eigenvalue weighted by Gasteiger charge is -2.25. The Morgan fingerprint density at radius 1 is 0.970 bits per heavy atom. The average Bonchev–Trinajstić information content (AvgIpc) is 3.17. The zero-order valence-corrected chi connectivity index (χ0v) is 17.6. The number of carboxylic acid groups (broad SMARTS) is 1. The number of benzene rings is 3. The van der Waals surface area contributed by atoms with E-state index < -0.39 is 29.2 Å². The quantitative estimate of drug-likeness (QED) is 0.583. The fourth-order valence-electron chi connectivity index (χ4n) is 4.11. The molecule has 1 amide bonds. The number of alkyl halides is 3. The fourth-order valence-corrected chi connectivity index (χ4v) is 4.11. The molecule has 0 aliphatic heterocycles. The second kappa shape index (κ2) is 8.27. The third-order valence-electron chi connectivity index (χ3n) is 5.85. The summed E-state index contributed by atoms with van der Waals surface area (Å²) in [6.45, 7) is 0. The van der Waals surface area contributed by atoms with Crippen LogP contribution in [0.25, 0.3) is 11.1 Å². The van der Waals surface area contributed by atoms with Crippen LogP contribution in [0.3, 0.4) is 0 Å². The van der Waals surface area contributed by atoms with Gasteiger partial charge in [0, 0.05) is 24.0 Å². The van der Waals surface area contributed by atoms with Gasteiger partial charge < -0.3 is 15.2 Å². The number of carbonyl (C=O) groups is 2. The van der Waals surface area contributed by atoms with E-state index >= 15 is 0 Å². The number of carboxylic acids is 1. The van der Waals surface area contributed by atoms with Crippen molar-refractivity contribution >= 4 is 11.9 Å². The number of fused-ring (bicyclic) bond motifs is 1. The van der Waals surface area contributed by atoms with Gasteiger partial charge in [-0.2, -0.15) is 13.2 Å². The molecular weight excluding hydrogens is 435 g/mol. The van der Waals surface area contributed by atoms with Gasteiger partial charge in [0.15, 0.2) is 0 Å². The second-order valence-corrected chi connectivity index (χ2v) is 7.95. The lowest BCUT2D eigenvalue weighted by atomic mass is 9.94. The van der Waals surface area contributed by atoms with Crippen LogP contribution in [0.5, 0.6) is 5.75 Å². The van der Waals surface area contributed by atoms with Gasteiger partial charge in [-0.1, -0.05) is 36.4 Å². The van der Waals surface area contributed by atoms with Crippen molar-refractivity contribution in [2.75, 3.05) is 7.11 Å². The molecule has 8 heteroatoms. The van der Waals surface area contributed by atoms with Crippen molar-refractivity contribution in [3.05, 3.63) is 89.0 Å². The van der Waals surface area contributed by atoms with Gasteiger partial charge in [0.2, 0.25) is 0 Å². The predicted molar refractivity (Wildman–Crippen MR) is 115 cm³/mol. The summed E-state index contributed by atoms with van der Waals surface area (Å²) in [6, 6.07) is 16.3. The largest absolute Gasteiger partial charge is 0.496 e. The maximum atomic E-state index is 13.1. The van der Waals surface area contributed by atoms with Gasteiger partial charge in [0.25, 0.3) is 5.91 Å². The molecule has 0 radical (unpaired) electrons. The molecule has 0 saturated heterocycles. The first-order chi connectivity index (χ1) is 15.6. The Labute approximate surface area is 187 Å². The highest BCUT2D eigenvalue weighted by Crippen LogP contribution is 2.35. The van der Waals surface area contributed by atoms with Gasteiger partial charge in [0.05, 0.1) is 12.7 Å². The van der Waals surface area contributed by atoms with Crippen molar-refractivity contribution < 1.29 is 32.6 Å². The van der Waals surface area contributed by atoms with E-state index in [1.54, 1.807) is 0 Å². The Bertz CT molecular complexity index is 1190. The molecule has 33 heavy (non-hydrogen) atoms. The van der Waals surface area contributed by atoms with Crippen LogP contribution in [0.4, 0.5) is 13.2 Å². The van der Waals surface area contributed by atoms with Crippen LogP contribution >= 0.6 is 0 Å². The van der Waals surface area contributed by atoms with Crippen molar-refractivity contribution in [1.82, 2.24) is 5.32 Å².